The predicted octanol–water partition coefficient (Wildman–Crippen LogP) is 3.27. The molecular weight excluding hydrogens is 293 g/mol. The highest BCUT2D eigenvalue weighted by atomic mass is 19.1. The van der Waals surface area contributed by atoms with E-state index in [1.807, 2.05) is 0 Å². The van der Waals surface area contributed by atoms with Crippen LogP contribution in [-0.4, -0.2) is 18.0 Å². The third kappa shape index (κ3) is 3.20. The summed E-state index contributed by atoms with van der Waals surface area (Å²) in [5.74, 6) is -1.44. The second kappa shape index (κ2) is 6.21. The Hall–Kier alpha value is -2.96. The molecule has 2 rings (SSSR count). The average Bonchev–Trinajstić information content (AvgIpc) is 2.49. The van der Waals surface area contributed by atoms with Crippen molar-refractivity contribution in [2.45, 2.75) is 6.92 Å². The number of esters is 1. The first kappa shape index (κ1) is 15.4. The zero-order valence-corrected chi connectivity index (χ0v) is 11.8. The lowest BCUT2D eigenvalue weighted by atomic mass is 10.1. The maximum Gasteiger partial charge on any atom is 0.344 e. The van der Waals surface area contributed by atoms with Crippen LogP contribution in [0.25, 0.3) is 0 Å². The van der Waals surface area contributed by atoms with Gasteiger partial charge in [0.05, 0.1) is 23.7 Å². The Bertz CT molecular complexity index is 745. The molecule has 0 heterocycles. The number of methoxy groups -OCH3 is 1. The van der Waals surface area contributed by atoms with E-state index in [0.717, 1.165) is 12.1 Å². The second-order valence-electron chi connectivity index (χ2n) is 4.44. The molecular formula is C15H12FNO5. The van der Waals surface area contributed by atoms with E-state index in [4.69, 9.17) is 9.47 Å². The molecule has 0 fully saturated rings. The number of nitro groups is 1. The molecule has 0 radical (unpaired) electrons. The summed E-state index contributed by atoms with van der Waals surface area (Å²) >= 11 is 0. The van der Waals surface area contributed by atoms with Gasteiger partial charge in [0, 0.05) is 0 Å². The van der Waals surface area contributed by atoms with E-state index in [9.17, 15) is 19.3 Å². The molecule has 0 atom stereocenters. The summed E-state index contributed by atoms with van der Waals surface area (Å²) in [6.45, 7) is 1.61. The summed E-state index contributed by atoms with van der Waals surface area (Å²) in [7, 11) is 1.36. The monoisotopic (exact) mass is 305 g/mol. The smallest absolute Gasteiger partial charge is 0.344 e. The quantitative estimate of drug-likeness (QED) is 0.375. The van der Waals surface area contributed by atoms with E-state index in [0.29, 0.717) is 5.56 Å². The lowest BCUT2D eigenvalue weighted by Gasteiger charge is -2.08. The average molecular weight is 305 g/mol. The van der Waals surface area contributed by atoms with E-state index in [1.54, 1.807) is 6.92 Å². The number of halogens is 1. The number of hydrogen-bond acceptors (Lipinski definition) is 5. The van der Waals surface area contributed by atoms with Gasteiger partial charge >= 0.3 is 11.7 Å². The van der Waals surface area contributed by atoms with E-state index in [2.05, 4.69) is 0 Å². The first-order chi connectivity index (χ1) is 10.4. The number of ether oxygens (including phenoxy) is 2. The van der Waals surface area contributed by atoms with Crippen LogP contribution in [0, 0.1) is 22.9 Å². The lowest BCUT2D eigenvalue weighted by molar-refractivity contribution is -0.385. The van der Waals surface area contributed by atoms with E-state index in [1.165, 1.54) is 31.4 Å². The Morgan fingerprint density at radius 3 is 2.59 bits per heavy atom. The largest absolute Gasteiger partial charge is 0.496 e. The fraction of sp³-hybridized carbons (Fsp3) is 0.133. The van der Waals surface area contributed by atoms with Gasteiger partial charge in [-0.2, -0.15) is 0 Å². The zero-order valence-electron chi connectivity index (χ0n) is 11.8. The normalized spacial score (nSPS) is 10.1. The maximum absolute atomic E-state index is 13.2. The van der Waals surface area contributed by atoms with Gasteiger partial charge in [-0.1, -0.05) is 6.07 Å². The van der Waals surface area contributed by atoms with Crippen LogP contribution in [0.4, 0.5) is 10.1 Å². The van der Waals surface area contributed by atoms with Crippen molar-refractivity contribution in [1.29, 1.82) is 0 Å². The van der Waals surface area contributed by atoms with E-state index in [-0.39, 0.29) is 17.1 Å². The number of aryl methyl sites for hydroxylation is 1. The summed E-state index contributed by atoms with van der Waals surface area (Å²) < 4.78 is 23.1. The number of nitro benzene ring substituents is 1. The zero-order chi connectivity index (χ0) is 16.3. The first-order valence-corrected chi connectivity index (χ1v) is 6.23. The summed E-state index contributed by atoms with van der Waals surface area (Å²) in [5, 5.41) is 11.0. The molecule has 0 bridgehead atoms. The fourth-order valence-electron chi connectivity index (χ4n) is 1.82. The van der Waals surface area contributed by atoms with Crippen LogP contribution in [-0.2, 0) is 0 Å². The van der Waals surface area contributed by atoms with Crippen molar-refractivity contribution in [2.24, 2.45) is 0 Å². The van der Waals surface area contributed by atoms with Crippen molar-refractivity contribution in [3.05, 3.63) is 63.5 Å². The molecule has 0 aromatic heterocycles. The summed E-state index contributed by atoms with van der Waals surface area (Å²) in [4.78, 5) is 22.4. The van der Waals surface area contributed by atoms with Crippen molar-refractivity contribution in [2.75, 3.05) is 7.11 Å². The van der Waals surface area contributed by atoms with Crippen molar-refractivity contribution in [3.8, 4) is 11.5 Å². The molecule has 0 saturated carbocycles. The molecule has 2 aromatic carbocycles. The number of nitrogens with zero attached hydrogens (tertiary/aromatic N) is 1. The number of carbonyl (C=O) groups is 1. The van der Waals surface area contributed by atoms with Crippen molar-refractivity contribution >= 4 is 11.7 Å². The van der Waals surface area contributed by atoms with Crippen LogP contribution in [0.1, 0.15) is 15.9 Å². The third-order valence-corrected chi connectivity index (χ3v) is 2.98. The van der Waals surface area contributed by atoms with Crippen molar-refractivity contribution in [3.63, 3.8) is 0 Å². The Morgan fingerprint density at radius 2 is 1.95 bits per heavy atom. The number of hydrogen-bond donors (Lipinski definition) is 0. The highest BCUT2D eigenvalue weighted by Crippen LogP contribution is 2.31. The molecule has 0 spiro atoms. The molecule has 0 unspecified atom stereocenters. The molecule has 0 saturated heterocycles. The van der Waals surface area contributed by atoms with Crippen LogP contribution in [0.15, 0.2) is 36.4 Å². The molecule has 0 N–H and O–H groups in total. The minimum absolute atomic E-state index is 0.00474. The number of carbonyl (C=O) groups excluding carboxylic acids is 1. The van der Waals surface area contributed by atoms with Gasteiger partial charge in [0.25, 0.3) is 0 Å². The minimum atomic E-state index is -0.870. The molecule has 114 valence electrons. The highest BCUT2D eigenvalue weighted by molar-refractivity contribution is 5.93. The van der Waals surface area contributed by atoms with E-state index >= 15 is 0 Å². The highest BCUT2D eigenvalue weighted by Gasteiger charge is 2.21. The van der Waals surface area contributed by atoms with Gasteiger partial charge in [0.15, 0.2) is 0 Å². The van der Waals surface area contributed by atoms with E-state index < -0.39 is 22.4 Å². The Kier molecular flexibility index (Phi) is 4.36. The molecule has 0 aliphatic rings. The minimum Gasteiger partial charge on any atom is -0.496 e. The number of rotatable bonds is 4. The van der Waals surface area contributed by atoms with Gasteiger partial charge in [-0.3, -0.25) is 10.1 Å². The molecule has 0 aliphatic heterocycles. The Morgan fingerprint density at radius 1 is 1.23 bits per heavy atom. The third-order valence-electron chi connectivity index (χ3n) is 2.98. The summed E-state index contributed by atoms with van der Waals surface area (Å²) in [6.07, 6.45) is 0. The van der Waals surface area contributed by atoms with Crippen molar-refractivity contribution in [1.82, 2.24) is 0 Å². The van der Waals surface area contributed by atoms with Crippen LogP contribution >= 0.6 is 0 Å². The van der Waals surface area contributed by atoms with Gasteiger partial charge in [0.1, 0.15) is 11.6 Å². The summed E-state index contributed by atoms with van der Waals surface area (Å²) in [6, 6.07) is 7.47. The predicted molar refractivity (Wildman–Crippen MR) is 75.7 cm³/mol. The molecule has 6 nitrogen and oxygen atoms in total. The molecule has 2 aromatic rings. The topological polar surface area (TPSA) is 78.7 Å². The van der Waals surface area contributed by atoms with Gasteiger partial charge in [-0.25, -0.2) is 9.18 Å². The molecule has 0 amide bonds. The van der Waals surface area contributed by atoms with Crippen LogP contribution in [0.2, 0.25) is 0 Å². The molecule has 0 aliphatic carbocycles. The standard InChI is InChI=1S/C15H12FNO5/c1-9-3-4-10(16)7-12(9)15(18)22-14-6-5-11(21-2)8-13(14)17(19)20/h3-8H,1-2H3. The Labute approximate surface area is 125 Å². The Balaban J connectivity index is 2.36. The number of benzene rings is 2. The van der Waals surface area contributed by atoms with Crippen LogP contribution in [0.5, 0.6) is 11.5 Å². The molecule has 22 heavy (non-hydrogen) atoms. The van der Waals surface area contributed by atoms with Gasteiger partial charge in [-0.15, -0.1) is 0 Å². The fourth-order valence-corrected chi connectivity index (χ4v) is 1.82. The second-order valence-corrected chi connectivity index (χ2v) is 4.44. The van der Waals surface area contributed by atoms with Crippen LogP contribution < -0.4 is 9.47 Å². The lowest BCUT2D eigenvalue weighted by Crippen LogP contribution is -2.11. The molecule has 7 heteroatoms. The van der Waals surface area contributed by atoms with Gasteiger partial charge < -0.3 is 9.47 Å². The van der Waals surface area contributed by atoms with Crippen LogP contribution in [0.3, 0.4) is 0 Å². The summed E-state index contributed by atoms with van der Waals surface area (Å²) in [5.41, 5.74) is 0.0921. The van der Waals surface area contributed by atoms with Gasteiger partial charge in [0.2, 0.25) is 5.75 Å². The SMILES string of the molecule is COc1ccc(OC(=O)c2cc(F)ccc2C)c([N+](=O)[O-])c1. The first-order valence-electron chi connectivity index (χ1n) is 6.23. The van der Waals surface area contributed by atoms with Crippen molar-refractivity contribution < 1.29 is 23.6 Å². The van der Waals surface area contributed by atoms with Gasteiger partial charge in [-0.05, 0) is 36.8 Å². The maximum atomic E-state index is 13.2.